The molecule has 0 unspecified atom stereocenters. The van der Waals surface area contributed by atoms with Crippen molar-refractivity contribution < 1.29 is 18.0 Å². The quantitative estimate of drug-likeness (QED) is 0.734. The molecule has 1 N–H and O–H groups in total. The SMILES string of the molecule is C[C@H]1Cc2cc(S(=O)(=O)N3CCC[C@@H](C(=O)NC4CCCC4)C3)ccc2N1C(=O)C1CC1. The van der Waals surface area contributed by atoms with Crippen molar-refractivity contribution in [3.8, 4) is 0 Å². The largest absolute Gasteiger partial charge is 0.353 e. The third kappa shape index (κ3) is 4.07. The molecule has 0 aromatic heterocycles. The van der Waals surface area contributed by atoms with E-state index < -0.39 is 10.0 Å². The van der Waals surface area contributed by atoms with Crippen LogP contribution >= 0.6 is 0 Å². The number of carbonyl (C=O) groups is 2. The van der Waals surface area contributed by atoms with Gasteiger partial charge in [-0.25, -0.2) is 8.42 Å². The van der Waals surface area contributed by atoms with Gasteiger partial charge < -0.3 is 10.2 Å². The first-order valence-corrected chi connectivity index (χ1v) is 13.5. The van der Waals surface area contributed by atoms with Crippen molar-refractivity contribution in [1.29, 1.82) is 0 Å². The van der Waals surface area contributed by atoms with E-state index in [1.54, 1.807) is 18.2 Å². The van der Waals surface area contributed by atoms with Gasteiger partial charge in [-0.05, 0) is 75.6 Å². The number of amides is 2. The van der Waals surface area contributed by atoms with Crippen LogP contribution < -0.4 is 10.2 Å². The Morgan fingerprint density at radius 1 is 1.00 bits per heavy atom. The summed E-state index contributed by atoms with van der Waals surface area (Å²) in [4.78, 5) is 27.6. The predicted molar refractivity (Wildman–Crippen MR) is 122 cm³/mol. The first-order chi connectivity index (χ1) is 15.3. The standard InChI is InChI=1S/C24H33N3O4S/c1-16-13-19-14-21(10-11-22(19)27(16)24(29)17-8-9-17)32(30,31)26-12-4-5-18(15-26)23(28)25-20-6-2-3-7-20/h10-11,14,16-18,20H,2-9,12-13,15H2,1H3,(H,25,28)/t16-,18+/m0/s1. The van der Waals surface area contributed by atoms with E-state index >= 15 is 0 Å². The first-order valence-electron chi connectivity index (χ1n) is 12.1. The summed E-state index contributed by atoms with van der Waals surface area (Å²) in [5.41, 5.74) is 1.76. The van der Waals surface area contributed by atoms with Crippen LogP contribution in [-0.2, 0) is 26.0 Å². The number of benzene rings is 1. The van der Waals surface area contributed by atoms with Gasteiger partial charge in [0.05, 0.1) is 10.8 Å². The average Bonchev–Trinajstić information content (AvgIpc) is 3.41. The highest BCUT2D eigenvalue weighted by Gasteiger charge is 2.40. The Labute approximate surface area is 190 Å². The van der Waals surface area contributed by atoms with Gasteiger partial charge in [-0.1, -0.05) is 12.8 Å². The molecule has 2 aliphatic heterocycles. The monoisotopic (exact) mass is 459 g/mol. The van der Waals surface area contributed by atoms with Crippen LogP contribution in [-0.4, -0.2) is 49.7 Å². The van der Waals surface area contributed by atoms with E-state index in [2.05, 4.69) is 5.32 Å². The molecule has 0 bridgehead atoms. The van der Waals surface area contributed by atoms with Gasteiger partial charge in [0.15, 0.2) is 0 Å². The molecule has 0 radical (unpaired) electrons. The van der Waals surface area contributed by atoms with Gasteiger partial charge in [0.25, 0.3) is 0 Å². The molecule has 7 nitrogen and oxygen atoms in total. The lowest BCUT2D eigenvalue weighted by molar-refractivity contribution is -0.126. The summed E-state index contributed by atoms with van der Waals surface area (Å²) < 4.78 is 28.3. The van der Waals surface area contributed by atoms with Crippen LogP contribution in [0, 0.1) is 11.8 Å². The number of piperidine rings is 1. The van der Waals surface area contributed by atoms with E-state index in [-0.39, 0.29) is 47.2 Å². The fourth-order valence-electron chi connectivity index (χ4n) is 5.54. The van der Waals surface area contributed by atoms with Crippen LogP contribution in [0.25, 0.3) is 0 Å². The summed E-state index contributed by atoms with van der Waals surface area (Å²) >= 11 is 0. The third-order valence-corrected chi connectivity index (χ3v) is 9.39. The van der Waals surface area contributed by atoms with Gasteiger partial charge in [-0.15, -0.1) is 0 Å². The lowest BCUT2D eigenvalue weighted by atomic mass is 9.98. The van der Waals surface area contributed by atoms with Gasteiger partial charge in [0.1, 0.15) is 0 Å². The summed E-state index contributed by atoms with van der Waals surface area (Å²) in [7, 11) is -3.69. The second kappa shape index (κ2) is 8.45. The van der Waals surface area contributed by atoms with Crippen LogP contribution in [0.5, 0.6) is 0 Å². The molecule has 2 atom stereocenters. The molecule has 174 valence electrons. The molecule has 8 heteroatoms. The Morgan fingerprint density at radius 2 is 1.75 bits per heavy atom. The Morgan fingerprint density at radius 3 is 2.47 bits per heavy atom. The van der Waals surface area contributed by atoms with Gasteiger partial charge >= 0.3 is 0 Å². The zero-order valence-electron chi connectivity index (χ0n) is 18.8. The number of nitrogens with one attached hydrogen (secondary N) is 1. The molecular weight excluding hydrogens is 426 g/mol. The number of fused-ring (bicyclic) bond motifs is 1. The molecule has 0 spiro atoms. The lowest BCUT2D eigenvalue weighted by Crippen LogP contribution is -2.47. The maximum atomic E-state index is 13.4. The van der Waals surface area contributed by atoms with Crippen LogP contribution in [0.15, 0.2) is 23.1 Å². The summed E-state index contributed by atoms with van der Waals surface area (Å²) in [6.07, 6.45) is 8.33. The second-order valence-electron chi connectivity index (χ2n) is 10.0. The van der Waals surface area contributed by atoms with E-state index in [0.29, 0.717) is 19.4 Å². The van der Waals surface area contributed by atoms with E-state index in [1.807, 2.05) is 11.8 Å². The number of sulfonamides is 1. The molecule has 3 fully saturated rings. The molecule has 32 heavy (non-hydrogen) atoms. The lowest BCUT2D eigenvalue weighted by Gasteiger charge is -2.32. The highest BCUT2D eigenvalue weighted by Crippen LogP contribution is 2.40. The number of hydrogen-bond donors (Lipinski definition) is 1. The molecule has 2 heterocycles. The van der Waals surface area contributed by atoms with Crippen molar-refractivity contribution in [2.24, 2.45) is 11.8 Å². The minimum Gasteiger partial charge on any atom is -0.353 e. The van der Waals surface area contributed by atoms with Crippen molar-refractivity contribution in [1.82, 2.24) is 9.62 Å². The van der Waals surface area contributed by atoms with E-state index in [9.17, 15) is 18.0 Å². The Balaban J connectivity index is 1.31. The number of hydrogen-bond acceptors (Lipinski definition) is 4. The Bertz CT molecular complexity index is 1010. The fraction of sp³-hybridized carbons (Fsp3) is 0.667. The van der Waals surface area contributed by atoms with Crippen LogP contribution in [0.4, 0.5) is 5.69 Å². The van der Waals surface area contributed by atoms with Gasteiger partial charge in [-0.3, -0.25) is 9.59 Å². The molecule has 1 saturated heterocycles. The van der Waals surface area contributed by atoms with E-state index in [4.69, 9.17) is 0 Å². The van der Waals surface area contributed by atoms with Crippen LogP contribution in [0.1, 0.15) is 63.9 Å². The van der Waals surface area contributed by atoms with Gasteiger partial charge in [0.2, 0.25) is 21.8 Å². The Hall–Kier alpha value is -1.93. The smallest absolute Gasteiger partial charge is 0.243 e. The van der Waals surface area contributed by atoms with Crippen LogP contribution in [0.3, 0.4) is 0 Å². The minimum atomic E-state index is -3.69. The third-order valence-electron chi connectivity index (χ3n) is 7.52. The fourth-order valence-corrected chi connectivity index (χ4v) is 7.12. The Kier molecular flexibility index (Phi) is 5.78. The van der Waals surface area contributed by atoms with Crippen molar-refractivity contribution in [2.45, 2.75) is 81.7 Å². The van der Waals surface area contributed by atoms with Crippen molar-refractivity contribution >= 4 is 27.5 Å². The zero-order chi connectivity index (χ0) is 22.5. The maximum Gasteiger partial charge on any atom is 0.243 e. The normalized spacial score (nSPS) is 26.8. The van der Waals surface area contributed by atoms with Crippen molar-refractivity contribution in [3.05, 3.63) is 23.8 Å². The average molecular weight is 460 g/mol. The molecule has 1 aromatic rings. The number of anilines is 1. The minimum absolute atomic E-state index is 0.00573. The predicted octanol–water partition coefficient (Wildman–Crippen LogP) is 2.83. The zero-order valence-corrected chi connectivity index (χ0v) is 19.6. The van der Waals surface area contributed by atoms with Crippen LogP contribution in [0.2, 0.25) is 0 Å². The molecule has 5 rings (SSSR count). The molecule has 1 aromatic carbocycles. The highest BCUT2D eigenvalue weighted by molar-refractivity contribution is 7.89. The van der Waals surface area contributed by atoms with E-state index in [1.165, 1.54) is 4.31 Å². The molecule has 4 aliphatic rings. The summed E-state index contributed by atoms with van der Waals surface area (Å²) in [6, 6.07) is 5.45. The first kappa shape index (κ1) is 21.9. The maximum absolute atomic E-state index is 13.4. The summed E-state index contributed by atoms with van der Waals surface area (Å²) in [6.45, 7) is 2.70. The van der Waals surface area contributed by atoms with E-state index in [0.717, 1.165) is 56.2 Å². The highest BCUT2D eigenvalue weighted by atomic mass is 32.2. The summed E-state index contributed by atoms with van der Waals surface area (Å²) in [5, 5.41) is 3.13. The molecule has 2 amide bonds. The molecule has 2 aliphatic carbocycles. The summed E-state index contributed by atoms with van der Waals surface area (Å²) in [5.74, 6) is 0.000476. The second-order valence-corrected chi connectivity index (χ2v) is 12.0. The van der Waals surface area contributed by atoms with Crippen molar-refractivity contribution in [2.75, 3.05) is 18.0 Å². The topological polar surface area (TPSA) is 86.8 Å². The number of rotatable bonds is 5. The van der Waals surface area contributed by atoms with Crippen molar-refractivity contribution in [3.63, 3.8) is 0 Å². The number of carbonyl (C=O) groups excluding carboxylic acids is 2. The number of nitrogens with zero attached hydrogens (tertiary/aromatic N) is 2. The van der Waals surface area contributed by atoms with Gasteiger partial charge in [0, 0.05) is 36.8 Å². The van der Waals surface area contributed by atoms with Gasteiger partial charge in [-0.2, -0.15) is 4.31 Å². The molecular formula is C24H33N3O4S. The molecule has 2 saturated carbocycles.